The van der Waals surface area contributed by atoms with E-state index in [1.165, 1.54) is 30.3 Å². The van der Waals surface area contributed by atoms with Crippen LogP contribution >= 0.6 is 23.2 Å². The van der Waals surface area contributed by atoms with Crippen molar-refractivity contribution >= 4 is 34.8 Å². The van der Waals surface area contributed by atoms with Crippen LogP contribution in [0.3, 0.4) is 0 Å². The fourth-order valence-corrected chi connectivity index (χ4v) is 4.77. The third kappa shape index (κ3) is 5.31. The Morgan fingerprint density at radius 2 is 1.34 bits per heavy atom. The maximum absolute atomic E-state index is 13.9. The molecule has 2 unspecified atom stereocenters. The first-order valence-electron chi connectivity index (χ1n) is 11.1. The minimum Gasteiger partial charge on any atom is -0.312 e. The van der Waals surface area contributed by atoms with Crippen LogP contribution in [0, 0.1) is 0 Å². The van der Waals surface area contributed by atoms with Crippen molar-refractivity contribution in [2.45, 2.75) is 23.9 Å². The molecule has 0 aliphatic carbocycles. The van der Waals surface area contributed by atoms with E-state index in [1.54, 1.807) is 0 Å². The molecule has 0 radical (unpaired) electrons. The summed E-state index contributed by atoms with van der Waals surface area (Å²) >= 11 is 12.2. The van der Waals surface area contributed by atoms with E-state index >= 15 is 0 Å². The molecule has 2 N–H and O–H groups in total. The number of Topliss-reactive ketones (excluding diaryl/α,β-unsaturated/α-hetero) is 2. The molecule has 0 aromatic heterocycles. The number of hydrogen-bond acceptors (Lipinski definition) is 4. The lowest BCUT2D eigenvalue weighted by Gasteiger charge is -2.42. The summed E-state index contributed by atoms with van der Waals surface area (Å²) in [5, 5.41) is 5.70. The predicted molar refractivity (Wildman–Crippen MR) is 129 cm³/mol. The van der Waals surface area contributed by atoms with Crippen LogP contribution in [0.25, 0.3) is 0 Å². The van der Waals surface area contributed by atoms with Gasteiger partial charge in [0.15, 0.2) is 11.6 Å². The maximum atomic E-state index is 13.9. The molecular formula is C26H18Cl2F6N2O2. The monoisotopic (exact) mass is 574 g/mol. The van der Waals surface area contributed by atoms with E-state index < -0.39 is 57.8 Å². The molecule has 0 amide bonds. The van der Waals surface area contributed by atoms with Gasteiger partial charge >= 0.3 is 12.4 Å². The second kappa shape index (κ2) is 10.3. The number of ketones is 2. The molecule has 3 aromatic rings. The van der Waals surface area contributed by atoms with Gasteiger partial charge in [-0.3, -0.25) is 14.9 Å². The summed E-state index contributed by atoms with van der Waals surface area (Å²) < 4.78 is 82.3. The highest BCUT2D eigenvalue weighted by Crippen LogP contribution is 2.38. The Labute approximate surface area is 222 Å². The topological polar surface area (TPSA) is 58.2 Å². The molecule has 0 bridgehead atoms. The third-order valence-electron chi connectivity index (χ3n) is 6.25. The van der Waals surface area contributed by atoms with Crippen LogP contribution in [0.2, 0.25) is 10.0 Å². The maximum Gasteiger partial charge on any atom is 0.417 e. The molecule has 1 saturated heterocycles. The summed E-state index contributed by atoms with van der Waals surface area (Å²) in [4.78, 5) is 27.3. The number of piperazine rings is 1. The van der Waals surface area contributed by atoms with Gasteiger partial charge in [0.2, 0.25) is 0 Å². The predicted octanol–water partition coefficient (Wildman–Crippen LogP) is 6.55. The number of carbonyl (C=O) groups is 2. The first-order valence-corrected chi connectivity index (χ1v) is 11.9. The number of hydrogen-bond donors (Lipinski definition) is 2. The molecule has 1 aliphatic heterocycles. The zero-order chi connectivity index (χ0) is 27.9. The van der Waals surface area contributed by atoms with Crippen molar-refractivity contribution in [2.75, 3.05) is 13.1 Å². The van der Waals surface area contributed by atoms with Crippen molar-refractivity contribution in [3.05, 3.63) is 105 Å². The Hall–Kier alpha value is -2.92. The van der Waals surface area contributed by atoms with E-state index in [4.69, 9.17) is 23.2 Å². The molecular weight excluding hydrogens is 557 g/mol. The molecule has 1 heterocycles. The molecule has 4 nitrogen and oxygen atoms in total. The molecule has 38 heavy (non-hydrogen) atoms. The van der Waals surface area contributed by atoms with Gasteiger partial charge in [0.1, 0.15) is 5.54 Å². The normalized spacial score (nSPS) is 20.3. The van der Waals surface area contributed by atoms with E-state index in [2.05, 4.69) is 10.6 Å². The average molecular weight is 575 g/mol. The molecule has 0 spiro atoms. The van der Waals surface area contributed by atoms with E-state index in [0.717, 1.165) is 36.4 Å². The fraction of sp³-hybridized carbons (Fsp3) is 0.231. The number of nitrogens with one attached hydrogen (secondary N) is 2. The molecule has 1 fully saturated rings. The number of halogens is 8. The zero-order valence-corrected chi connectivity index (χ0v) is 20.7. The molecule has 12 heteroatoms. The first kappa shape index (κ1) is 28.1. The van der Waals surface area contributed by atoms with Crippen molar-refractivity contribution in [3.8, 4) is 0 Å². The Morgan fingerprint density at radius 3 is 1.92 bits per heavy atom. The molecule has 200 valence electrons. The zero-order valence-electron chi connectivity index (χ0n) is 19.2. The molecule has 2 atom stereocenters. The third-order valence-corrected chi connectivity index (χ3v) is 6.99. The fourth-order valence-electron chi connectivity index (χ4n) is 4.48. The standard InChI is InChI=1S/C26H18Cl2F6N2O2/c27-19-10-9-14(11-20(19)28)24(23(38)16-6-2-4-8-18(16)26(32,33)34)13-35-12-21(36-24)22(37)15-5-1-3-7-17(15)25(29,30)31/h1-11,21,35-36H,12-13H2. The lowest BCUT2D eigenvalue weighted by Crippen LogP contribution is -2.67. The number of rotatable bonds is 5. The highest BCUT2D eigenvalue weighted by molar-refractivity contribution is 6.42. The SMILES string of the molecule is O=C(c1ccccc1C(F)(F)F)C1CNCC(C(=O)c2ccccc2C(F)(F)F)(c2ccc(Cl)c(Cl)c2)N1. The van der Waals surface area contributed by atoms with E-state index in [0.29, 0.717) is 0 Å². The number of benzene rings is 3. The van der Waals surface area contributed by atoms with Crippen molar-refractivity contribution in [3.63, 3.8) is 0 Å². The Balaban J connectivity index is 1.86. The van der Waals surface area contributed by atoms with Crippen molar-refractivity contribution in [1.29, 1.82) is 0 Å². The van der Waals surface area contributed by atoms with Gasteiger partial charge in [0, 0.05) is 24.2 Å². The van der Waals surface area contributed by atoms with Gasteiger partial charge in [-0.15, -0.1) is 0 Å². The van der Waals surface area contributed by atoms with E-state index in [1.807, 2.05) is 0 Å². The number of carbonyl (C=O) groups excluding carboxylic acids is 2. The van der Waals surface area contributed by atoms with Gasteiger partial charge in [-0.05, 0) is 29.8 Å². The quantitative estimate of drug-likeness (QED) is 0.268. The molecule has 1 aliphatic rings. The van der Waals surface area contributed by atoms with Crippen LogP contribution in [0.1, 0.15) is 37.4 Å². The van der Waals surface area contributed by atoms with Gasteiger partial charge in [-0.2, -0.15) is 26.3 Å². The lowest BCUT2D eigenvalue weighted by atomic mass is 9.78. The van der Waals surface area contributed by atoms with Crippen LogP contribution in [0.5, 0.6) is 0 Å². The Bertz CT molecular complexity index is 1390. The lowest BCUT2D eigenvalue weighted by molar-refractivity contribution is -0.138. The summed E-state index contributed by atoms with van der Waals surface area (Å²) in [6.45, 7) is -0.483. The minimum atomic E-state index is -4.88. The van der Waals surface area contributed by atoms with E-state index in [-0.39, 0.29) is 28.7 Å². The van der Waals surface area contributed by atoms with Gasteiger partial charge in [0.25, 0.3) is 0 Å². The summed E-state index contributed by atoms with van der Waals surface area (Å²) in [5.41, 5.74) is -5.66. The van der Waals surface area contributed by atoms with Crippen LogP contribution < -0.4 is 10.6 Å². The largest absolute Gasteiger partial charge is 0.417 e. The molecule has 3 aromatic carbocycles. The Morgan fingerprint density at radius 1 is 0.789 bits per heavy atom. The van der Waals surface area contributed by atoms with Gasteiger partial charge < -0.3 is 5.32 Å². The van der Waals surface area contributed by atoms with Crippen LogP contribution in [0.4, 0.5) is 26.3 Å². The average Bonchev–Trinajstić information content (AvgIpc) is 2.88. The molecule has 4 rings (SSSR count). The Kier molecular flexibility index (Phi) is 7.64. The highest BCUT2D eigenvalue weighted by atomic mass is 35.5. The van der Waals surface area contributed by atoms with Crippen LogP contribution in [-0.4, -0.2) is 30.7 Å². The summed E-state index contributed by atoms with van der Waals surface area (Å²) in [6, 6.07) is 10.8. The summed E-state index contributed by atoms with van der Waals surface area (Å²) in [5.74, 6) is -2.05. The number of alkyl halides is 6. The van der Waals surface area contributed by atoms with Gasteiger partial charge in [0.05, 0.1) is 27.2 Å². The van der Waals surface area contributed by atoms with Crippen molar-refractivity contribution < 1.29 is 35.9 Å². The van der Waals surface area contributed by atoms with Gasteiger partial charge in [-0.1, -0.05) is 65.7 Å². The molecule has 0 saturated carbocycles. The van der Waals surface area contributed by atoms with Crippen LogP contribution in [0.15, 0.2) is 66.7 Å². The second-order valence-corrected chi connectivity index (χ2v) is 9.46. The van der Waals surface area contributed by atoms with E-state index in [9.17, 15) is 35.9 Å². The van der Waals surface area contributed by atoms with Crippen molar-refractivity contribution in [1.82, 2.24) is 10.6 Å². The minimum absolute atomic E-state index is 0.0156. The smallest absolute Gasteiger partial charge is 0.312 e. The second-order valence-electron chi connectivity index (χ2n) is 8.64. The highest BCUT2D eigenvalue weighted by Gasteiger charge is 2.49. The van der Waals surface area contributed by atoms with Crippen molar-refractivity contribution in [2.24, 2.45) is 0 Å². The van der Waals surface area contributed by atoms with Gasteiger partial charge in [-0.25, -0.2) is 0 Å². The summed E-state index contributed by atoms with van der Waals surface area (Å²) in [7, 11) is 0. The summed E-state index contributed by atoms with van der Waals surface area (Å²) in [6.07, 6.45) is -9.72. The van der Waals surface area contributed by atoms with Crippen LogP contribution in [-0.2, 0) is 17.9 Å². The first-order chi connectivity index (χ1) is 17.8.